The Labute approximate surface area is 167 Å². The minimum atomic E-state index is -0.0171. The first-order valence-electron chi connectivity index (χ1n) is 10.3. The Bertz CT molecular complexity index is 838. The molecule has 2 N–H and O–H groups in total. The van der Waals surface area contributed by atoms with Gasteiger partial charge in [0.2, 0.25) is 5.91 Å². The molecule has 0 radical (unpaired) electrons. The Hall–Kier alpha value is -2.43. The van der Waals surface area contributed by atoms with Gasteiger partial charge in [-0.2, -0.15) is 0 Å². The van der Waals surface area contributed by atoms with Gasteiger partial charge in [-0.15, -0.1) is 0 Å². The van der Waals surface area contributed by atoms with E-state index in [2.05, 4.69) is 41.3 Å². The van der Waals surface area contributed by atoms with Crippen LogP contribution < -0.4 is 10.6 Å². The highest BCUT2D eigenvalue weighted by atomic mass is 16.2. The number of nitrogens with zero attached hydrogens (tertiary/aromatic N) is 2. The summed E-state index contributed by atoms with van der Waals surface area (Å²) in [6.45, 7) is 3.99. The average Bonchev–Trinajstić information content (AvgIpc) is 3.11. The summed E-state index contributed by atoms with van der Waals surface area (Å²) in [7, 11) is 0. The lowest BCUT2D eigenvalue weighted by molar-refractivity contribution is -0.117. The second-order valence-electron chi connectivity index (χ2n) is 7.86. The van der Waals surface area contributed by atoms with Gasteiger partial charge < -0.3 is 15.5 Å². The summed E-state index contributed by atoms with van der Waals surface area (Å²) in [4.78, 5) is 16.6. The number of hydrogen-bond acceptors (Lipinski definition) is 3. The first-order chi connectivity index (χ1) is 13.7. The van der Waals surface area contributed by atoms with Crippen molar-refractivity contribution in [3.05, 3.63) is 71.8 Å². The number of fused-ring (bicyclic) bond motifs is 2. The molecule has 0 bridgehead atoms. The lowest BCUT2D eigenvalue weighted by atomic mass is 9.74. The number of amides is 1. The molecular weight excluding hydrogens is 346 g/mol. The Morgan fingerprint density at radius 3 is 2.50 bits per heavy atom. The topological polar surface area (TPSA) is 49.6 Å². The molecule has 0 atom stereocenters. The zero-order chi connectivity index (χ0) is 19.4. The molecule has 2 aromatic rings. The number of benzene rings is 2. The van der Waals surface area contributed by atoms with Gasteiger partial charge in [0.05, 0.1) is 6.54 Å². The molecule has 1 spiro atoms. The summed E-state index contributed by atoms with van der Waals surface area (Å²) in [5.41, 5.74) is 9.67. The molecule has 0 aromatic heterocycles. The number of allylic oxidation sites excluding steroid dienone is 1. The number of para-hydroxylation sites is 1. The summed E-state index contributed by atoms with van der Waals surface area (Å²) in [5, 5.41) is 0. The van der Waals surface area contributed by atoms with Crippen LogP contribution >= 0.6 is 0 Å². The van der Waals surface area contributed by atoms with Crippen LogP contribution in [0.1, 0.15) is 30.4 Å². The van der Waals surface area contributed by atoms with Crippen molar-refractivity contribution in [3.63, 3.8) is 0 Å². The highest BCUT2D eigenvalue weighted by Gasteiger charge is 2.37. The number of carbonyl (C=O) groups is 1. The van der Waals surface area contributed by atoms with Gasteiger partial charge in [-0.1, -0.05) is 54.6 Å². The maximum absolute atomic E-state index is 12.3. The van der Waals surface area contributed by atoms with Crippen LogP contribution in [0.5, 0.6) is 0 Å². The first kappa shape index (κ1) is 18.9. The smallest absolute Gasteiger partial charge is 0.240 e. The number of anilines is 1. The zero-order valence-corrected chi connectivity index (χ0v) is 16.4. The fraction of sp³-hybridized carbons (Fsp3) is 0.375. The molecule has 1 amide bonds. The summed E-state index contributed by atoms with van der Waals surface area (Å²) in [5.74, 6) is -0.0171. The highest BCUT2D eigenvalue weighted by molar-refractivity contribution is 5.94. The van der Waals surface area contributed by atoms with E-state index in [0.29, 0.717) is 6.54 Å². The summed E-state index contributed by atoms with van der Waals surface area (Å²) in [6, 6.07) is 18.6. The molecule has 4 rings (SSSR count). The van der Waals surface area contributed by atoms with Crippen molar-refractivity contribution >= 4 is 17.7 Å². The van der Waals surface area contributed by atoms with Crippen LogP contribution in [0.15, 0.2) is 60.7 Å². The largest absolute Gasteiger partial charge is 0.322 e. The summed E-state index contributed by atoms with van der Waals surface area (Å²) >= 11 is 0. The number of nitrogens with two attached hydrogens (primary N) is 1. The Morgan fingerprint density at radius 2 is 1.75 bits per heavy atom. The van der Waals surface area contributed by atoms with Gasteiger partial charge in [-0.3, -0.25) is 4.79 Å². The Balaban J connectivity index is 1.31. The third kappa shape index (κ3) is 3.75. The quantitative estimate of drug-likeness (QED) is 0.842. The summed E-state index contributed by atoms with van der Waals surface area (Å²) < 4.78 is 0. The van der Waals surface area contributed by atoms with Crippen LogP contribution in [0.4, 0.5) is 5.69 Å². The minimum absolute atomic E-state index is 0.0171. The normalized spacial score (nSPS) is 17.6. The minimum Gasteiger partial charge on any atom is -0.322 e. The van der Waals surface area contributed by atoms with Gasteiger partial charge >= 0.3 is 0 Å². The highest BCUT2D eigenvalue weighted by Crippen LogP contribution is 2.43. The van der Waals surface area contributed by atoms with Crippen molar-refractivity contribution in [2.45, 2.75) is 24.7 Å². The van der Waals surface area contributed by atoms with Crippen LogP contribution in [0, 0.1) is 0 Å². The van der Waals surface area contributed by atoms with E-state index in [0.717, 1.165) is 31.7 Å². The predicted molar refractivity (Wildman–Crippen MR) is 115 cm³/mol. The number of likely N-dealkylation sites (tertiary alicyclic amines) is 1. The van der Waals surface area contributed by atoms with E-state index in [1.165, 1.54) is 24.0 Å². The fourth-order valence-corrected chi connectivity index (χ4v) is 4.61. The van der Waals surface area contributed by atoms with Gasteiger partial charge in [-0.05, 0) is 62.2 Å². The molecule has 1 aliphatic heterocycles. The monoisotopic (exact) mass is 375 g/mol. The van der Waals surface area contributed by atoms with Gasteiger partial charge in [0.25, 0.3) is 0 Å². The van der Waals surface area contributed by atoms with E-state index >= 15 is 0 Å². The lowest BCUT2D eigenvalue weighted by Crippen LogP contribution is -2.43. The number of rotatable bonds is 6. The lowest BCUT2D eigenvalue weighted by Gasteiger charge is -2.39. The molecule has 4 nitrogen and oxygen atoms in total. The van der Waals surface area contributed by atoms with Crippen LogP contribution in [0.3, 0.4) is 0 Å². The van der Waals surface area contributed by atoms with E-state index in [1.807, 2.05) is 35.2 Å². The van der Waals surface area contributed by atoms with Gasteiger partial charge in [0.1, 0.15) is 0 Å². The molecule has 0 saturated carbocycles. The molecule has 2 aliphatic rings. The van der Waals surface area contributed by atoms with E-state index in [4.69, 9.17) is 5.73 Å². The molecule has 1 fully saturated rings. The van der Waals surface area contributed by atoms with Crippen molar-refractivity contribution in [1.29, 1.82) is 0 Å². The molecule has 28 heavy (non-hydrogen) atoms. The Kier molecular flexibility index (Phi) is 5.60. The molecule has 146 valence electrons. The number of piperidine rings is 1. The predicted octanol–water partition coefficient (Wildman–Crippen LogP) is 3.43. The third-order valence-corrected chi connectivity index (χ3v) is 6.23. The summed E-state index contributed by atoms with van der Waals surface area (Å²) in [6.07, 6.45) is 8.02. The second-order valence-corrected chi connectivity index (χ2v) is 7.86. The molecule has 1 heterocycles. The van der Waals surface area contributed by atoms with E-state index in [9.17, 15) is 4.79 Å². The van der Waals surface area contributed by atoms with Crippen molar-refractivity contribution in [3.8, 4) is 0 Å². The fourth-order valence-electron chi connectivity index (χ4n) is 4.61. The molecule has 1 saturated heterocycles. The SMILES string of the molecule is NCC(=O)N(CCCN1CCC2(C=Cc3ccccc32)CC1)c1ccccc1. The maximum Gasteiger partial charge on any atom is 0.240 e. The van der Waals surface area contributed by atoms with Crippen molar-refractivity contribution in [2.75, 3.05) is 37.6 Å². The van der Waals surface area contributed by atoms with Crippen molar-refractivity contribution in [2.24, 2.45) is 5.73 Å². The number of hydrogen-bond donors (Lipinski definition) is 1. The zero-order valence-electron chi connectivity index (χ0n) is 16.4. The maximum atomic E-state index is 12.3. The van der Waals surface area contributed by atoms with Crippen molar-refractivity contribution in [1.82, 2.24) is 4.90 Å². The molecule has 1 aliphatic carbocycles. The number of carbonyl (C=O) groups excluding carboxylic acids is 1. The van der Waals surface area contributed by atoms with Gasteiger partial charge in [-0.25, -0.2) is 0 Å². The average molecular weight is 376 g/mol. The van der Waals surface area contributed by atoms with Gasteiger partial charge in [0, 0.05) is 17.6 Å². The first-order valence-corrected chi connectivity index (χ1v) is 10.3. The van der Waals surface area contributed by atoms with E-state index in [-0.39, 0.29) is 17.9 Å². The standard InChI is InChI=1S/C24H29N3O/c25-19-23(28)27(21-8-2-1-3-9-21)16-6-15-26-17-13-24(14-18-26)12-11-20-7-4-5-10-22(20)24/h1-5,7-12H,6,13-19,25H2. The molecule has 4 heteroatoms. The van der Waals surface area contributed by atoms with Crippen LogP contribution in [-0.2, 0) is 10.2 Å². The van der Waals surface area contributed by atoms with Crippen molar-refractivity contribution < 1.29 is 4.79 Å². The van der Waals surface area contributed by atoms with Gasteiger partial charge in [0.15, 0.2) is 0 Å². The Morgan fingerprint density at radius 1 is 1.04 bits per heavy atom. The molecule has 0 unspecified atom stereocenters. The third-order valence-electron chi connectivity index (χ3n) is 6.23. The second kappa shape index (κ2) is 8.29. The van der Waals surface area contributed by atoms with Crippen LogP contribution in [0.25, 0.3) is 6.08 Å². The molecular formula is C24H29N3O. The van der Waals surface area contributed by atoms with Crippen LogP contribution in [0.2, 0.25) is 0 Å². The van der Waals surface area contributed by atoms with Crippen LogP contribution in [-0.4, -0.2) is 43.5 Å². The molecule has 2 aromatic carbocycles. The van der Waals surface area contributed by atoms with E-state index in [1.54, 1.807) is 0 Å². The van der Waals surface area contributed by atoms with E-state index < -0.39 is 0 Å².